The van der Waals surface area contributed by atoms with Gasteiger partial charge in [0, 0.05) is 15.0 Å². The van der Waals surface area contributed by atoms with Crippen LogP contribution >= 0.6 is 34.2 Å². The average Bonchev–Trinajstić information content (AvgIpc) is 2.78. The van der Waals surface area contributed by atoms with Gasteiger partial charge in [-0.2, -0.15) is 0 Å². The highest BCUT2D eigenvalue weighted by atomic mass is 127. The van der Waals surface area contributed by atoms with E-state index in [4.69, 9.17) is 21.1 Å². The maximum absolute atomic E-state index is 10.8. The number of carboxylic acid groups (broad SMARTS) is 1. The van der Waals surface area contributed by atoms with Crippen molar-refractivity contribution in [2.45, 2.75) is 26.7 Å². The van der Waals surface area contributed by atoms with E-state index in [1.807, 2.05) is 19.9 Å². The van der Waals surface area contributed by atoms with E-state index in [1.165, 1.54) is 0 Å². The first-order valence-corrected chi connectivity index (χ1v) is 7.72. The van der Waals surface area contributed by atoms with Gasteiger partial charge < -0.3 is 9.52 Å². The Labute approximate surface area is 140 Å². The highest BCUT2D eigenvalue weighted by Crippen LogP contribution is 2.30. The first-order valence-electron chi connectivity index (χ1n) is 6.26. The Balaban J connectivity index is 2.22. The van der Waals surface area contributed by atoms with E-state index >= 15 is 0 Å². The Bertz CT molecular complexity index is 670. The molecular formula is C14H14ClIN2O3. The van der Waals surface area contributed by atoms with Crippen molar-refractivity contribution in [1.29, 1.82) is 0 Å². The molecule has 112 valence electrons. The van der Waals surface area contributed by atoms with Crippen molar-refractivity contribution in [3.05, 3.63) is 32.7 Å². The van der Waals surface area contributed by atoms with Gasteiger partial charge in [0.25, 0.3) is 0 Å². The summed E-state index contributed by atoms with van der Waals surface area (Å²) in [5, 5.41) is 17.5. The van der Waals surface area contributed by atoms with E-state index in [2.05, 4.69) is 32.8 Å². The van der Waals surface area contributed by atoms with Gasteiger partial charge in [-0.3, -0.25) is 4.79 Å². The fourth-order valence-electron chi connectivity index (χ4n) is 1.98. The number of aromatic nitrogens is 2. The van der Waals surface area contributed by atoms with Crippen LogP contribution in [0.25, 0.3) is 11.5 Å². The highest BCUT2D eigenvalue weighted by Gasteiger charge is 2.25. The number of halogens is 2. The Morgan fingerprint density at radius 3 is 2.81 bits per heavy atom. The lowest BCUT2D eigenvalue weighted by molar-refractivity contribution is -0.139. The fourth-order valence-corrected chi connectivity index (χ4v) is 2.71. The predicted octanol–water partition coefficient (Wildman–Crippen LogP) is 4.04. The summed E-state index contributed by atoms with van der Waals surface area (Å²) < 4.78 is 6.60. The van der Waals surface area contributed by atoms with Crippen LogP contribution in [0.1, 0.15) is 26.2 Å². The van der Waals surface area contributed by atoms with Crippen LogP contribution in [0.2, 0.25) is 5.02 Å². The standard InChI is InChI=1S/C14H14ClIN2O3/c1-14(2,7-12(19)20)6-11-17-18-13(21-11)9-5-8(15)3-4-10(9)16/h3-5H,6-7H2,1-2H3,(H,19,20). The number of hydrogen-bond donors (Lipinski definition) is 1. The van der Waals surface area contributed by atoms with E-state index in [9.17, 15) is 4.79 Å². The second-order valence-electron chi connectivity index (χ2n) is 5.54. The smallest absolute Gasteiger partial charge is 0.303 e. The zero-order chi connectivity index (χ0) is 15.6. The summed E-state index contributed by atoms with van der Waals surface area (Å²) in [5.74, 6) is -0.0285. The van der Waals surface area contributed by atoms with Gasteiger partial charge >= 0.3 is 5.97 Å². The Hall–Kier alpha value is -1.15. The molecule has 0 saturated carbocycles. The minimum absolute atomic E-state index is 0.0411. The number of hydrogen-bond acceptors (Lipinski definition) is 4. The number of carboxylic acids is 1. The lowest BCUT2D eigenvalue weighted by Gasteiger charge is -2.19. The summed E-state index contributed by atoms with van der Waals surface area (Å²) in [7, 11) is 0. The van der Waals surface area contributed by atoms with Crippen molar-refractivity contribution in [2.24, 2.45) is 5.41 Å². The highest BCUT2D eigenvalue weighted by molar-refractivity contribution is 14.1. The molecule has 0 spiro atoms. The number of carbonyl (C=O) groups is 1. The lowest BCUT2D eigenvalue weighted by atomic mass is 9.86. The number of aliphatic carboxylic acids is 1. The first kappa shape index (κ1) is 16.2. The molecule has 0 unspecified atom stereocenters. The zero-order valence-corrected chi connectivity index (χ0v) is 14.5. The molecule has 1 aromatic heterocycles. The van der Waals surface area contributed by atoms with Gasteiger partial charge in [-0.15, -0.1) is 10.2 Å². The van der Waals surface area contributed by atoms with Crippen LogP contribution < -0.4 is 0 Å². The summed E-state index contributed by atoms with van der Waals surface area (Å²) in [4.78, 5) is 10.8. The molecule has 21 heavy (non-hydrogen) atoms. The largest absolute Gasteiger partial charge is 0.481 e. The topological polar surface area (TPSA) is 76.2 Å². The number of benzene rings is 1. The molecule has 2 aromatic rings. The van der Waals surface area contributed by atoms with Gasteiger partial charge in [0.15, 0.2) is 0 Å². The summed E-state index contributed by atoms with van der Waals surface area (Å²) in [6.45, 7) is 3.71. The van der Waals surface area contributed by atoms with Crippen LogP contribution in [0.5, 0.6) is 0 Å². The van der Waals surface area contributed by atoms with Crippen molar-refractivity contribution in [2.75, 3.05) is 0 Å². The summed E-state index contributed by atoms with van der Waals surface area (Å²) in [6.07, 6.45) is 0.447. The molecule has 0 aliphatic heterocycles. The molecule has 1 heterocycles. The van der Waals surface area contributed by atoms with Crippen LogP contribution in [0.4, 0.5) is 0 Å². The molecule has 1 N–H and O–H groups in total. The van der Waals surface area contributed by atoms with E-state index in [-0.39, 0.29) is 6.42 Å². The molecule has 0 fully saturated rings. The molecule has 0 bridgehead atoms. The maximum Gasteiger partial charge on any atom is 0.303 e. The molecule has 2 rings (SSSR count). The molecule has 0 amide bonds. The molecule has 0 saturated heterocycles. The Kier molecular flexibility index (Phi) is 4.88. The number of nitrogens with zero attached hydrogens (tertiary/aromatic N) is 2. The van der Waals surface area contributed by atoms with Crippen LogP contribution in [0.3, 0.4) is 0 Å². The quantitative estimate of drug-likeness (QED) is 0.739. The summed E-state index contributed by atoms with van der Waals surface area (Å²) in [5.41, 5.74) is 0.329. The SMILES string of the molecule is CC(C)(CC(=O)O)Cc1nnc(-c2cc(Cl)ccc2I)o1. The number of rotatable bonds is 5. The predicted molar refractivity (Wildman–Crippen MR) is 87.2 cm³/mol. The molecule has 7 heteroatoms. The summed E-state index contributed by atoms with van der Waals surface area (Å²) in [6, 6.07) is 5.43. The van der Waals surface area contributed by atoms with Crippen molar-refractivity contribution < 1.29 is 14.3 Å². The third kappa shape index (κ3) is 4.41. The van der Waals surface area contributed by atoms with Gasteiger partial charge in [-0.25, -0.2) is 0 Å². The molecule has 5 nitrogen and oxygen atoms in total. The van der Waals surface area contributed by atoms with Crippen LogP contribution in [-0.4, -0.2) is 21.3 Å². The van der Waals surface area contributed by atoms with E-state index in [0.717, 1.165) is 9.13 Å². The van der Waals surface area contributed by atoms with Crippen molar-refractivity contribution in [3.8, 4) is 11.5 Å². The molecular weight excluding hydrogens is 407 g/mol. The average molecular weight is 421 g/mol. The van der Waals surface area contributed by atoms with Crippen molar-refractivity contribution >= 4 is 40.2 Å². The van der Waals surface area contributed by atoms with Gasteiger partial charge in [0.1, 0.15) is 0 Å². The van der Waals surface area contributed by atoms with Crippen LogP contribution in [0, 0.1) is 8.99 Å². The van der Waals surface area contributed by atoms with Gasteiger partial charge in [0.2, 0.25) is 11.8 Å². The van der Waals surface area contributed by atoms with Crippen molar-refractivity contribution in [3.63, 3.8) is 0 Å². The molecule has 0 radical (unpaired) electrons. The van der Waals surface area contributed by atoms with E-state index in [0.29, 0.717) is 23.2 Å². The van der Waals surface area contributed by atoms with Gasteiger partial charge in [-0.05, 0) is 46.2 Å². The van der Waals surface area contributed by atoms with Crippen LogP contribution in [-0.2, 0) is 11.2 Å². The molecule has 0 aliphatic carbocycles. The first-order chi connectivity index (χ1) is 9.77. The third-order valence-corrected chi connectivity index (χ3v) is 4.06. The zero-order valence-electron chi connectivity index (χ0n) is 11.6. The minimum atomic E-state index is -0.843. The van der Waals surface area contributed by atoms with Crippen LogP contribution in [0.15, 0.2) is 22.6 Å². The molecule has 0 aliphatic rings. The second-order valence-corrected chi connectivity index (χ2v) is 7.14. The summed E-state index contributed by atoms with van der Waals surface area (Å²) >= 11 is 8.15. The monoisotopic (exact) mass is 420 g/mol. The molecule has 1 aromatic carbocycles. The van der Waals surface area contributed by atoms with Gasteiger partial charge in [0.05, 0.1) is 12.0 Å². The maximum atomic E-state index is 10.8. The van der Waals surface area contributed by atoms with Crippen molar-refractivity contribution in [1.82, 2.24) is 10.2 Å². The lowest BCUT2D eigenvalue weighted by Crippen LogP contribution is -2.19. The second kappa shape index (κ2) is 6.31. The normalized spacial score (nSPS) is 11.6. The van der Waals surface area contributed by atoms with E-state index in [1.54, 1.807) is 12.1 Å². The van der Waals surface area contributed by atoms with E-state index < -0.39 is 11.4 Å². The Morgan fingerprint density at radius 2 is 2.14 bits per heavy atom. The third-order valence-electron chi connectivity index (χ3n) is 2.89. The Morgan fingerprint density at radius 1 is 1.43 bits per heavy atom. The fraction of sp³-hybridized carbons (Fsp3) is 0.357. The van der Waals surface area contributed by atoms with Gasteiger partial charge in [-0.1, -0.05) is 25.4 Å². The minimum Gasteiger partial charge on any atom is -0.481 e. The molecule has 0 atom stereocenters.